The van der Waals surface area contributed by atoms with E-state index in [-0.39, 0.29) is 0 Å². The van der Waals surface area contributed by atoms with Crippen LogP contribution in [-0.4, -0.2) is 12.6 Å². The number of para-hydroxylation sites is 1. The molecule has 0 bridgehead atoms. The second kappa shape index (κ2) is 6.06. The highest BCUT2D eigenvalue weighted by atomic mass is 15.2. The number of hydrogen-bond acceptors (Lipinski definition) is 2. The zero-order chi connectivity index (χ0) is 12.1. The average molecular weight is 232 g/mol. The summed E-state index contributed by atoms with van der Waals surface area (Å²) in [6.07, 6.45) is 6.63. The third-order valence-electron chi connectivity index (χ3n) is 3.87. The molecule has 1 aromatic rings. The summed E-state index contributed by atoms with van der Waals surface area (Å²) >= 11 is 0. The molecule has 1 aliphatic rings. The van der Waals surface area contributed by atoms with Crippen LogP contribution in [0.25, 0.3) is 0 Å². The largest absolute Gasteiger partial charge is 0.368 e. The fourth-order valence-electron chi connectivity index (χ4n) is 2.88. The lowest BCUT2D eigenvalue weighted by Gasteiger charge is -2.33. The van der Waals surface area contributed by atoms with Gasteiger partial charge in [-0.1, -0.05) is 38.0 Å². The molecule has 1 atom stereocenters. The van der Waals surface area contributed by atoms with Crippen molar-refractivity contribution in [3.63, 3.8) is 0 Å². The van der Waals surface area contributed by atoms with Crippen LogP contribution >= 0.6 is 0 Å². The van der Waals surface area contributed by atoms with Crippen molar-refractivity contribution in [2.75, 3.05) is 11.4 Å². The smallest absolute Gasteiger partial charge is 0.0414 e. The predicted molar refractivity (Wildman–Crippen MR) is 74.2 cm³/mol. The quantitative estimate of drug-likeness (QED) is 0.866. The third kappa shape index (κ3) is 2.81. The second-order valence-corrected chi connectivity index (χ2v) is 4.94. The molecule has 2 N–H and O–H groups in total. The fraction of sp³-hybridized carbons (Fsp3) is 0.600. The van der Waals surface area contributed by atoms with Gasteiger partial charge in [0.1, 0.15) is 0 Å². The predicted octanol–water partition coefficient (Wildman–Crippen LogP) is 3.30. The molecule has 1 saturated heterocycles. The van der Waals surface area contributed by atoms with Crippen LogP contribution in [0.15, 0.2) is 24.3 Å². The topological polar surface area (TPSA) is 29.3 Å². The van der Waals surface area contributed by atoms with E-state index in [1.807, 2.05) is 0 Å². The normalized spacial score (nSPS) is 21.3. The number of nitrogens with zero attached hydrogens (tertiary/aromatic N) is 1. The van der Waals surface area contributed by atoms with Gasteiger partial charge in [-0.3, -0.25) is 0 Å². The molecule has 2 heteroatoms. The van der Waals surface area contributed by atoms with Gasteiger partial charge in [-0.2, -0.15) is 0 Å². The summed E-state index contributed by atoms with van der Waals surface area (Å²) < 4.78 is 0. The van der Waals surface area contributed by atoms with Crippen molar-refractivity contribution in [1.29, 1.82) is 0 Å². The molecular weight excluding hydrogens is 208 g/mol. The highest BCUT2D eigenvalue weighted by Gasteiger charge is 2.20. The number of anilines is 1. The van der Waals surface area contributed by atoms with Gasteiger partial charge in [0.15, 0.2) is 0 Å². The number of benzene rings is 1. The Kier molecular flexibility index (Phi) is 4.43. The Bertz CT molecular complexity index is 349. The van der Waals surface area contributed by atoms with E-state index in [2.05, 4.69) is 36.1 Å². The SMILES string of the molecule is CCC1CCCCCN1c1ccccc1CN. The number of nitrogens with two attached hydrogens (primary N) is 1. The molecule has 1 unspecified atom stereocenters. The van der Waals surface area contributed by atoms with Crippen LogP contribution in [0, 0.1) is 0 Å². The maximum absolute atomic E-state index is 5.86. The summed E-state index contributed by atoms with van der Waals surface area (Å²) in [4.78, 5) is 2.59. The van der Waals surface area contributed by atoms with Crippen molar-refractivity contribution in [2.24, 2.45) is 5.73 Å². The van der Waals surface area contributed by atoms with E-state index < -0.39 is 0 Å². The van der Waals surface area contributed by atoms with Crippen LogP contribution in [0.2, 0.25) is 0 Å². The lowest BCUT2D eigenvalue weighted by atomic mass is 10.1. The Balaban J connectivity index is 2.28. The average Bonchev–Trinajstić information content (AvgIpc) is 2.63. The first kappa shape index (κ1) is 12.4. The molecule has 1 aromatic carbocycles. The molecule has 2 nitrogen and oxygen atoms in total. The van der Waals surface area contributed by atoms with E-state index in [4.69, 9.17) is 5.73 Å². The standard InChI is InChI=1S/C15H24N2/c1-2-14-9-4-3-7-11-17(14)15-10-6-5-8-13(15)12-16/h5-6,8,10,14H,2-4,7,9,11-12,16H2,1H3. The van der Waals surface area contributed by atoms with Crippen molar-refractivity contribution < 1.29 is 0 Å². The molecular formula is C15H24N2. The van der Waals surface area contributed by atoms with Gasteiger partial charge >= 0.3 is 0 Å². The minimum absolute atomic E-state index is 0.642. The van der Waals surface area contributed by atoms with Crippen molar-refractivity contribution >= 4 is 5.69 Å². The fourth-order valence-corrected chi connectivity index (χ4v) is 2.88. The Hall–Kier alpha value is -1.02. The van der Waals surface area contributed by atoms with Gasteiger partial charge < -0.3 is 10.6 Å². The van der Waals surface area contributed by atoms with Crippen molar-refractivity contribution in [3.05, 3.63) is 29.8 Å². The van der Waals surface area contributed by atoms with Crippen LogP contribution < -0.4 is 10.6 Å². The molecule has 0 radical (unpaired) electrons. The molecule has 94 valence electrons. The van der Waals surface area contributed by atoms with E-state index in [9.17, 15) is 0 Å². The molecule has 2 rings (SSSR count). The van der Waals surface area contributed by atoms with Gasteiger partial charge in [-0.15, -0.1) is 0 Å². The maximum Gasteiger partial charge on any atom is 0.0414 e. The molecule has 1 fully saturated rings. The van der Waals surface area contributed by atoms with Crippen LogP contribution in [0.1, 0.15) is 44.6 Å². The van der Waals surface area contributed by atoms with Gasteiger partial charge in [0.25, 0.3) is 0 Å². The highest BCUT2D eigenvalue weighted by molar-refractivity contribution is 5.54. The first-order valence-corrected chi connectivity index (χ1v) is 6.91. The van der Waals surface area contributed by atoms with Gasteiger partial charge in [-0.05, 0) is 30.9 Å². The molecule has 0 amide bonds. The molecule has 0 spiro atoms. The summed E-state index contributed by atoms with van der Waals surface area (Å²) in [5, 5.41) is 0. The second-order valence-electron chi connectivity index (χ2n) is 4.94. The summed E-state index contributed by atoms with van der Waals surface area (Å²) in [7, 11) is 0. The Labute approximate surface area is 105 Å². The zero-order valence-electron chi connectivity index (χ0n) is 10.9. The minimum atomic E-state index is 0.642. The van der Waals surface area contributed by atoms with Crippen molar-refractivity contribution in [1.82, 2.24) is 0 Å². The van der Waals surface area contributed by atoms with Crippen LogP contribution in [0.5, 0.6) is 0 Å². The zero-order valence-corrected chi connectivity index (χ0v) is 10.9. The molecule has 1 aliphatic heterocycles. The van der Waals surface area contributed by atoms with E-state index in [0.717, 1.165) is 0 Å². The van der Waals surface area contributed by atoms with Crippen LogP contribution in [0.4, 0.5) is 5.69 Å². The van der Waals surface area contributed by atoms with Crippen LogP contribution in [-0.2, 0) is 6.54 Å². The first-order chi connectivity index (χ1) is 8.36. The van der Waals surface area contributed by atoms with Gasteiger partial charge in [-0.25, -0.2) is 0 Å². The Morgan fingerprint density at radius 2 is 2.06 bits per heavy atom. The van der Waals surface area contributed by atoms with E-state index in [0.29, 0.717) is 12.6 Å². The van der Waals surface area contributed by atoms with Gasteiger partial charge in [0.2, 0.25) is 0 Å². The summed E-state index contributed by atoms with van der Waals surface area (Å²) in [6, 6.07) is 9.31. The number of rotatable bonds is 3. The minimum Gasteiger partial charge on any atom is -0.368 e. The van der Waals surface area contributed by atoms with Gasteiger partial charge in [0.05, 0.1) is 0 Å². The third-order valence-corrected chi connectivity index (χ3v) is 3.87. The molecule has 0 aromatic heterocycles. The lowest BCUT2D eigenvalue weighted by molar-refractivity contribution is 0.555. The Morgan fingerprint density at radius 1 is 1.24 bits per heavy atom. The van der Waals surface area contributed by atoms with Crippen molar-refractivity contribution in [2.45, 2.75) is 51.6 Å². The van der Waals surface area contributed by atoms with Crippen molar-refractivity contribution in [3.8, 4) is 0 Å². The summed E-state index contributed by atoms with van der Waals surface area (Å²) in [5.41, 5.74) is 8.51. The number of hydrogen-bond donors (Lipinski definition) is 1. The molecule has 0 aliphatic carbocycles. The van der Waals surface area contributed by atoms with Crippen LogP contribution in [0.3, 0.4) is 0 Å². The van der Waals surface area contributed by atoms with E-state index in [1.165, 1.54) is 49.9 Å². The maximum atomic E-state index is 5.86. The molecule has 1 heterocycles. The summed E-state index contributed by atoms with van der Waals surface area (Å²) in [6.45, 7) is 4.13. The monoisotopic (exact) mass is 232 g/mol. The first-order valence-electron chi connectivity index (χ1n) is 6.91. The lowest BCUT2D eigenvalue weighted by Crippen LogP contribution is -2.35. The van der Waals surface area contributed by atoms with E-state index in [1.54, 1.807) is 0 Å². The highest BCUT2D eigenvalue weighted by Crippen LogP contribution is 2.28. The molecule has 0 saturated carbocycles. The Morgan fingerprint density at radius 3 is 2.82 bits per heavy atom. The van der Waals surface area contributed by atoms with E-state index >= 15 is 0 Å². The molecule has 17 heavy (non-hydrogen) atoms. The van der Waals surface area contributed by atoms with Gasteiger partial charge in [0, 0.05) is 24.8 Å². The summed E-state index contributed by atoms with van der Waals surface area (Å²) in [5.74, 6) is 0.